The van der Waals surface area contributed by atoms with Crippen LogP contribution in [0.25, 0.3) is 0 Å². The first kappa shape index (κ1) is 8.34. The number of pyridine rings is 1. The van der Waals surface area contributed by atoms with Crippen molar-refractivity contribution in [2.45, 2.75) is 19.8 Å². The third kappa shape index (κ3) is 1.84. The first-order valence-electron chi connectivity index (χ1n) is 3.52. The fraction of sp³-hybridized carbons (Fsp3) is 0.375. The lowest BCUT2D eigenvalue weighted by Gasteiger charge is -2.07. The van der Waals surface area contributed by atoms with E-state index in [-0.39, 0.29) is 0 Å². The van der Waals surface area contributed by atoms with Gasteiger partial charge in [0.2, 0.25) is 0 Å². The highest BCUT2D eigenvalue weighted by molar-refractivity contribution is 6.29. The summed E-state index contributed by atoms with van der Waals surface area (Å²) in [7, 11) is 0. The molecule has 0 atom stereocenters. The molecule has 11 heavy (non-hydrogen) atoms. The molecule has 0 saturated heterocycles. The van der Waals surface area contributed by atoms with Gasteiger partial charge in [-0.1, -0.05) is 25.4 Å². The molecule has 1 heterocycles. The standard InChI is InChI=1S/C8H11ClN2/c1-5(2)6-4-11-8(9)3-7(6)10/h3-5H,1-2H3,(H2,10,11). The van der Waals surface area contributed by atoms with E-state index in [1.165, 1.54) is 0 Å². The third-order valence-corrected chi connectivity index (χ3v) is 1.76. The Hall–Kier alpha value is -0.760. The van der Waals surface area contributed by atoms with Crippen LogP contribution in [0.1, 0.15) is 25.3 Å². The summed E-state index contributed by atoms with van der Waals surface area (Å²) in [5.74, 6) is 0.403. The molecule has 0 amide bonds. The minimum Gasteiger partial charge on any atom is -0.398 e. The van der Waals surface area contributed by atoms with Crippen molar-refractivity contribution in [3.05, 3.63) is 23.0 Å². The molecule has 1 aromatic rings. The Kier molecular flexibility index (Phi) is 2.35. The Balaban J connectivity index is 3.09. The van der Waals surface area contributed by atoms with Crippen LogP contribution in [-0.2, 0) is 0 Å². The number of nitrogens with two attached hydrogens (primary N) is 1. The summed E-state index contributed by atoms with van der Waals surface area (Å²) in [6.07, 6.45) is 1.72. The first-order chi connectivity index (χ1) is 5.11. The van der Waals surface area contributed by atoms with E-state index in [1.54, 1.807) is 12.3 Å². The molecule has 0 aromatic carbocycles. The average Bonchev–Trinajstić information content (AvgIpc) is 1.85. The Morgan fingerprint density at radius 1 is 1.55 bits per heavy atom. The van der Waals surface area contributed by atoms with Gasteiger partial charge in [-0.05, 0) is 17.5 Å². The Morgan fingerprint density at radius 2 is 2.18 bits per heavy atom. The lowest BCUT2D eigenvalue weighted by molar-refractivity contribution is 0.862. The van der Waals surface area contributed by atoms with E-state index in [1.807, 2.05) is 0 Å². The highest BCUT2D eigenvalue weighted by atomic mass is 35.5. The Bertz CT molecular complexity index is 258. The molecule has 0 aliphatic rings. The summed E-state index contributed by atoms with van der Waals surface area (Å²) >= 11 is 5.63. The summed E-state index contributed by atoms with van der Waals surface area (Å²) in [6, 6.07) is 1.68. The third-order valence-electron chi connectivity index (χ3n) is 1.56. The predicted octanol–water partition coefficient (Wildman–Crippen LogP) is 2.44. The van der Waals surface area contributed by atoms with Crippen LogP contribution in [0.5, 0.6) is 0 Å². The summed E-state index contributed by atoms with van der Waals surface area (Å²) in [6.45, 7) is 4.14. The lowest BCUT2D eigenvalue weighted by Crippen LogP contribution is -1.97. The van der Waals surface area contributed by atoms with Gasteiger partial charge in [-0.3, -0.25) is 0 Å². The summed E-state index contributed by atoms with van der Waals surface area (Å²) < 4.78 is 0. The molecular weight excluding hydrogens is 160 g/mol. The number of aromatic nitrogens is 1. The van der Waals surface area contributed by atoms with Crippen molar-refractivity contribution in [2.24, 2.45) is 0 Å². The smallest absolute Gasteiger partial charge is 0.131 e. The molecule has 0 spiro atoms. The van der Waals surface area contributed by atoms with Crippen LogP contribution in [0.4, 0.5) is 5.69 Å². The van der Waals surface area contributed by atoms with Gasteiger partial charge in [-0.25, -0.2) is 4.98 Å². The zero-order valence-corrected chi connectivity index (χ0v) is 7.39. The van der Waals surface area contributed by atoms with Crippen LogP contribution in [0.3, 0.4) is 0 Å². The molecule has 1 rings (SSSR count). The number of rotatable bonds is 1. The number of hydrogen-bond acceptors (Lipinski definition) is 2. The van der Waals surface area contributed by atoms with Crippen molar-refractivity contribution in [3.63, 3.8) is 0 Å². The van der Waals surface area contributed by atoms with Gasteiger partial charge in [-0.2, -0.15) is 0 Å². The molecule has 1 aromatic heterocycles. The Labute approximate surface area is 71.4 Å². The van der Waals surface area contributed by atoms with Crippen LogP contribution in [0.2, 0.25) is 5.15 Å². The van der Waals surface area contributed by atoms with Gasteiger partial charge in [0.1, 0.15) is 5.15 Å². The minimum absolute atomic E-state index is 0.403. The van der Waals surface area contributed by atoms with E-state index in [9.17, 15) is 0 Å². The highest BCUT2D eigenvalue weighted by Crippen LogP contribution is 2.22. The summed E-state index contributed by atoms with van der Waals surface area (Å²) in [5.41, 5.74) is 7.47. The van der Waals surface area contributed by atoms with Crippen LogP contribution in [-0.4, -0.2) is 4.98 Å². The molecule has 2 nitrogen and oxygen atoms in total. The van der Waals surface area contributed by atoms with E-state index < -0.39 is 0 Å². The minimum atomic E-state index is 0.403. The maximum absolute atomic E-state index is 5.70. The van der Waals surface area contributed by atoms with Crippen molar-refractivity contribution in [2.75, 3.05) is 5.73 Å². The maximum Gasteiger partial charge on any atom is 0.131 e. The molecule has 0 fully saturated rings. The molecule has 60 valence electrons. The topological polar surface area (TPSA) is 38.9 Å². The maximum atomic E-state index is 5.70. The van der Waals surface area contributed by atoms with Crippen molar-refractivity contribution in [1.29, 1.82) is 0 Å². The average molecular weight is 171 g/mol. The quantitative estimate of drug-likeness (QED) is 0.658. The molecule has 0 unspecified atom stereocenters. The number of anilines is 1. The molecular formula is C8H11ClN2. The second-order valence-electron chi connectivity index (χ2n) is 2.79. The second kappa shape index (κ2) is 3.09. The van der Waals surface area contributed by atoms with Crippen molar-refractivity contribution < 1.29 is 0 Å². The van der Waals surface area contributed by atoms with Gasteiger partial charge in [0.05, 0.1) is 0 Å². The molecule has 2 N–H and O–H groups in total. The SMILES string of the molecule is CC(C)c1cnc(Cl)cc1N. The fourth-order valence-electron chi connectivity index (χ4n) is 0.937. The van der Waals surface area contributed by atoms with Gasteiger partial charge in [0.15, 0.2) is 0 Å². The van der Waals surface area contributed by atoms with Crippen molar-refractivity contribution in [3.8, 4) is 0 Å². The predicted molar refractivity (Wildman–Crippen MR) is 47.7 cm³/mol. The molecule has 0 aliphatic heterocycles. The molecule has 3 heteroatoms. The molecule has 0 aliphatic carbocycles. The number of nitrogen functional groups attached to an aromatic ring is 1. The molecule has 0 saturated carbocycles. The number of hydrogen-bond donors (Lipinski definition) is 1. The zero-order valence-electron chi connectivity index (χ0n) is 6.63. The van der Waals surface area contributed by atoms with Gasteiger partial charge in [0, 0.05) is 11.9 Å². The van der Waals surface area contributed by atoms with E-state index in [4.69, 9.17) is 17.3 Å². The molecule has 0 bridgehead atoms. The van der Waals surface area contributed by atoms with Crippen molar-refractivity contribution >= 4 is 17.3 Å². The van der Waals surface area contributed by atoms with Gasteiger partial charge >= 0.3 is 0 Å². The fourth-order valence-corrected chi connectivity index (χ4v) is 1.10. The Morgan fingerprint density at radius 3 is 2.64 bits per heavy atom. The van der Waals surface area contributed by atoms with Crippen LogP contribution >= 0.6 is 11.6 Å². The normalized spacial score (nSPS) is 10.5. The van der Waals surface area contributed by atoms with E-state index in [0.29, 0.717) is 11.1 Å². The largest absolute Gasteiger partial charge is 0.398 e. The van der Waals surface area contributed by atoms with E-state index in [0.717, 1.165) is 11.3 Å². The van der Waals surface area contributed by atoms with Gasteiger partial charge in [-0.15, -0.1) is 0 Å². The van der Waals surface area contributed by atoms with E-state index in [2.05, 4.69) is 18.8 Å². The van der Waals surface area contributed by atoms with Crippen LogP contribution in [0.15, 0.2) is 12.3 Å². The summed E-state index contributed by atoms with van der Waals surface area (Å²) in [4.78, 5) is 3.95. The van der Waals surface area contributed by atoms with Gasteiger partial charge < -0.3 is 5.73 Å². The zero-order chi connectivity index (χ0) is 8.43. The summed E-state index contributed by atoms with van der Waals surface area (Å²) in [5, 5.41) is 0.451. The lowest BCUT2D eigenvalue weighted by atomic mass is 10.0. The van der Waals surface area contributed by atoms with E-state index >= 15 is 0 Å². The van der Waals surface area contributed by atoms with Gasteiger partial charge in [0.25, 0.3) is 0 Å². The van der Waals surface area contributed by atoms with Crippen molar-refractivity contribution in [1.82, 2.24) is 4.98 Å². The number of halogens is 1. The highest BCUT2D eigenvalue weighted by Gasteiger charge is 2.04. The second-order valence-corrected chi connectivity index (χ2v) is 3.18. The molecule has 0 radical (unpaired) electrons. The monoisotopic (exact) mass is 170 g/mol. The number of nitrogens with zero attached hydrogens (tertiary/aromatic N) is 1. The first-order valence-corrected chi connectivity index (χ1v) is 3.90. The van der Waals surface area contributed by atoms with Crippen LogP contribution in [0, 0.1) is 0 Å². The van der Waals surface area contributed by atoms with Crippen LogP contribution < -0.4 is 5.73 Å².